The molecule has 2 rings (SSSR count). The summed E-state index contributed by atoms with van der Waals surface area (Å²) in [5.41, 5.74) is 0.0901. The maximum absolute atomic E-state index is 12.4. The predicted octanol–water partition coefficient (Wildman–Crippen LogP) is 2.78. The minimum absolute atomic E-state index is 0.0714. The molecule has 0 saturated carbocycles. The van der Waals surface area contributed by atoms with Gasteiger partial charge >= 0.3 is 12.1 Å². The second kappa shape index (κ2) is 4.85. The zero-order chi connectivity index (χ0) is 14.2. The summed E-state index contributed by atoms with van der Waals surface area (Å²) in [5.74, 6) is -1.19. The average molecular weight is 273 g/mol. The van der Waals surface area contributed by atoms with E-state index in [1.807, 2.05) is 11.8 Å². The summed E-state index contributed by atoms with van der Waals surface area (Å²) in [5, 5.41) is 8.78. The van der Waals surface area contributed by atoms with Crippen molar-refractivity contribution in [1.29, 1.82) is 0 Å². The maximum atomic E-state index is 12.4. The second-order valence-corrected chi connectivity index (χ2v) is 4.78. The Labute approximate surface area is 108 Å². The molecule has 1 fully saturated rings. The monoisotopic (exact) mass is 273 g/mol. The van der Waals surface area contributed by atoms with Gasteiger partial charge in [0.15, 0.2) is 0 Å². The van der Waals surface area contributed by atoms with E-state index in [4.69, 9.17) is 5.11 Å². The molecule has 1 aromatic carbocycles. The number of carboxylic acid groups (broad SMARTS) is 1. The Balaban J connectivity index is 2.01. The van der Waals surface area contributed by atoms with E-state index in [1.54, 1.807) is 0 Å². The molecule has 0 aliphatic carbocycles. The molecule has 1 heterocycles. The number of benzene rings is 1. The molecule has 3 nitrogen and oxygen atoms in total. The number of hydrogen-bond acceptors (Lipinski definition) is 2. The minimum Gasteiger partial charge on any atom is -0.481 e. The van der Waals surface area contributed by atoms with Gasteiger partial charge in [-0.15, -0.1) is 0 Å². The highest BCUT2D eigenvalue weighted by atomic mass is 19.4. The lowest BCUT2D eigenvalue weighted by Crippen LogP contribution is -2.51. The Morgan fingerprint density at radius 2 is 1.84 bits per heavy atom. The van der Waals surface area contributed by atoms with Crippen molar-refractivity contribution in [3.05, 3.63) is 35.4 Å². The third-order valence-electron chi connectivity index (χ3n) is 3.53. The van der Waals surface area contributed by atoms with Crippen LogP contribution in [0.1, 0.15) is 24.1 Å². The van der Waals surface area contributed by atoms with E-state index in [-0.39, 0.29) is 12.0 Å². The fraction of sp³-hybridized carbons (Fsp3) is 0.462. The lowest BCUT2D eigenvalue weighted by molar-refractivity contribution is -0.148. The Hall–Kier alpha value is -1.56. The number of alkyl halides is 3. The average Bonchev–Trinajstić information content (AvgIpc) is 2.25. The van der Waals surface area contributed by atoms with Gasteiger partial charge in [0, 0.05) is 19.1 Å². The van der Waals surface area contributed by atoms with Crippen molar-refractivity contribution in [3.63, 3.8) is 0 Å². The summed E-state index contributed by atoms with van der Waals surface area (Å²) >= 11 is 0. The van der Waals surface area contributed by atoms with Gasteiger partial charge in [-0.1, -0.05) is 12.1 Å². The Bertz CT molecular complexity index is 464. The number of carbonyl (C=O) groups is 1. The lowest BCUT2D eigenvalue weighted by Gasteiger charge is -2.41. The standard InChI is InChI=1S/C13H14F3NO2/c1-8(17-6-10(7-17)12(18)19)9-2-4-11(5-3-9)13(14,15)16/h2-5,8,10H,6-7H2,1H3,(H,18,19). The second-order valence-electron chi connectivity index (χ2n) is 4.78. The van der Waals surface area contributed by atoms with Crippen molar-refractivity contribution < 1.29 is 23.1 Å². The molecule has 1 saturated heterocycles. The molecular formula is C13H14F3NO2. The first-order valence-electron chi connectivity index (χ1n) is 5.93. The number of halogens is 3. The van der Waals surface area contributed by atoms with Crippen LogP contribution in [-0.2, 0) is 11.0 Å². The molecular weight excluding hydrogens is 259 g/mol. The maximum Gasteiger partial charge on any atom is 0.416 e. The number of nitrogens with zero attached hydrogens (tertiary/aromatic N) is 1. The zero-order valence-corrected chi connectivity index (χ0v) is 10.3. The third kappa shape index (κ3) is 2.89. The molecule has 1 aliphatic rings. The van der Waals surface area contributed by atoms with Crippen LogP contribution in [-0.4, -0.2) is 29.1 Å². The summed E-state index contributed by atoms with van der Waals surface area (Å²) < 4.78 is 37.3. The van der Waals surface area contributed by atoms with Crippen molar-refractivity contribution in [2.75, 3.05) is 13.1 Å². The molecule has 1 unspecified atom stereocenters. The Morgan fingerprint density at radius 3 is 2.26 bits per heavy atom. The highest BCUT2D eigenvalue weighted by Gasteiger charge is 2.36. The Morgan fingerprint density at radius 1 is 1.32 bits per heavy atom. The van der Waals surface area contributed by atoms with Gasteiger partial charge in [-0.3, -0.25) is 9.69 Å². The van der Waals surface area contributed by atoms with Crippen LogP contribution < -0.4 is 0 Å². The highest BCUT2D eigenvalue weighted by molar-refractivity contribution is 5.71. The molecule has 104 valence electrons. The van der Waals surface area contributed by atoms with E-state index >= 15 is 0 Å². The van der Waals surface area contributed by atoms with Crippen molar-refractivity contribution >= 4 is 5.97 Å². The zero-order valence-electron chi connectivity index (χ0n) is 10.3. The first-order valence-corrected chi connectivity index (χ1v) is 5.93. The molecule has 0 radical (unpaired) electrons. The molecule has 19 heavy (non-hydrogen) atoms. The van der Waals surface area contributed by atoms with Crippen molar-refractivity contribution in [2.45, 2.75) is 19.1 Å². The number of aliphatic carboxylic acids is 1. The quantitative estimate of drug-likeness (QED) is 0.920. The molecule has 0 amide bonds. The van der Waals surface area contributed by atoms with Crippen molar-refractivity contribution in [1.82, 2.24) is 4.90 Å². The summed E-state index contributed by atoms with van der Waals surface area (Å²) in [6.07, 6.45) is -4.33. The molecule has 6 heteroatoms. The topological polar surface area (TPSA) is 40.5 Å². The molecule has 0 aromatic heterocycles. The number of hydrogen-bond donors (Lipinski definition) is 1. The van der Waals surface area contributed by atoms with Crippen molar-refractivity contribution in [2.24, 2.45) is 5.92 Å². The van der Waals surface area contributed by atoms with E-state index in [0.717, 1.165) is 17.7 Å². The largest absolute Gasteiger partial charge is 0.481 e. The van der Waals surface area contributed by atoms with Crippen LogP contribution in [0, 0.1) is 5.92 Å². The smallest absolute Gasteiger partial charge is 0.416 e. The number of likely N-dealkylation sites (tertiary alicyclic amines) is 1. The van der Waals surface area contributed by atoms with Gasteiger partial charge in [0.05, 0.1) is 11.5 Å². The van der Waals surface area contributed by atoms with Gasteiger partial charge < -0.3 is 5.11 Å². The van der Waals surface area contributed by atoms with Crippen molar-refractivity contribution in [3.8, 4) is 0 Å². The van der Waals surface area contributed by atoms with E-state index in [2.05, 4.69) is 0 Å². The van der Waals surface area contributed by atoms with Crippen LogP contribution in [0.5, 0.6) is 0 Å². The first-order chi connectivity index (χ1) is 8.79. The summed E-state index contributed by atoms with van der Waals surface area (Å²) in [7, 11) is 0. The number of carboxylic acids is 1. The van der Waals surface area contributed by atoms with Gasteiger partial charge in [-0.2, -0.15) is 13.2 Å². The van der Waals surface area contributed by atoms with Crippen LogP contribution in [0.2, 0.25) is 0 Å². The first kappa shape index (κ1) is 13.9. The van der Waals surface area contributed by atoms with Crippen LogP contribution in [0.25, 0.3) is 0 Å². The van der Waals surface area contributed by atoms with Gasteiger partial charge in [0.25, 0.3) is 0 Å². The van der Waals surface area contributed by atoms with E-state index in [1.165, 1.54) is 12.1 Å². The summed E-state index contributed by atoms with van der Waals surface area (Å²) in [6.45, 7) is 2.75. The lowest BCUT2D eigenvalue weighted by atomic mass is 9.95. The predicted molar refractivity (Wildman–Crippen MR) is 62.6 cm³/mol. The van der Waals surface area contributed by atoms with Crippen LogP contribution in [0.4, 0.5) is 13.2 Å². The summed E-state index contributed by atoms with van der Waals surface area (Å²) in [4.78, 5) is 12.6. The van der Waals surface area contributed by atoms with Gasteiger partial charge in [-0.25, -0.2) is 0 Å². The van der Waals surface area contributed by atoms with Gasteiger partial charge in [-0.05, 0) is 24.6 Å². The van der Waals surface area contributed by atoms with Gasteiger partial charge in [0.2, 0.25) is 0 Å². The van der Waals surface area contributed by atoms with Crippen LogP contribution >= 0.6 is 0 Å². The van der Waals surface area contributed by atoms with E-state index < -0.39 is 17.7 Å². The van der Waals surface area contributed by atoms with Crippen LogP contribution in [0.15, 0.2) is 24.3 Å². The highest BCUT2D eigenvalue weighted by Crippen LogP contribution is 2.32. The number of rotatable bonds is 3. The SMILES string of the molecule is CC(c1ccc(C(F)(F)F)cc1)N1CC(C(=O)O)C1. The van der Waals surface area contributed by atoms with Gasteiger partial charge in [0.1, 0.15) is 0 Å². The fourth-order valence-electron chi connectivity index (χ4n) is 2.15. The molecule has 1 aliphatic heterocycles. The molecule has 0 spiro atoms. The fourth-order valence-corrected chi connectivity index (χ4v) is 2.15. The van der Waals surface area contributed by atoms with E-state index in [9.17, 15) is 18.0 Å². The normalized spacial score (nSPS) is 18.9. The summed E-state index contributed by atoms with van der Waals surface area (Å²) in [6, 6.07) is 4.93. The van der Waals surface area contributed by atoms with E-state index in [0.29, 0.717) is 13.1 Å². The molecule has 1 N–H and O–H groups in total. The minimum atomic E-state index is -4.33. The Kier molecular flexibility index (Phi) is 3.54. The molecule has 1 atom stereocenters. The molecule has 0 bridgehead atoms. The molecule has 1 aromatic rings. The van der Waals surface area contributed by atoms with Crippen LogP contribution in [0.3, 0.4) is 0 Å². The third-order valence-corrected chi connectivity index (χ3v) is 3.53.